The van der Waals surface area contributed by atoms with Crippen LogP contribution in [0.15, 0.2) is 22.5 Å². The normalized spacial score (nSPS) is 27.7. The lowest BCUT2D eigenvalue weighted by atomic mass is 9.84. The number of ether oxygens (including phenoxy) is 3. The average molecular weight is 500 g/mol. The molecule has 1 aromatic rings. The molecule has 4 rings (SSSR count). The van der Waals surface area contributed by atoms with Gasteiger partial charge in [-0.05, 0) is 33.3 Å². The maximum atomic E-state index is 14.3. The second-order valence-corrected chi connectivity index (χ2v) is 12.2. The first-order valence-electron chi connectivity index (χ1n) is 11.2. The zero-order valence-electron chi connectivity index (χ0n) is 19.7. The van der Waals surface area contributed by atoms with Crippen molar-refractivity contribution < 1.29 is 36.3 Å². The molecule has 1 aliphatic carbocycles. The van der Waals surface area contributed by atoms with Crippen LogP contribution in [0.1, 0.15) is 38.9 Å². The van der Waals surface area contributed by atoms with Gasteiger partial charge in [0.1, 0.15) is 23.3 Å². The summed E-state index contributed by atoms with van der Waals surface area (Å²) in [5, 5.41) is 2.70. The first kappa shape index (κ1) is 24.8. The third kappa shape index (κ3) is 5.66. The molecule has 0 spiro atoms. The first-order valence-corrected chi connectivity index (χ1v) is 13.1. The molecule has 0 aromatic carbocycles. The van der Waals surface area contributed by atoms with Gasteiger partial charge in [-0.15, -0.1) is 0 Å². The largest absolute Gasteiger partial charge is 0.444 e. The summed E-state index contributed by atoms with van der Waals surface area (Å²) in [5.74, 6) is -0.388. The van der Waals surface area contributed by atoms with Crippen LogP contribution in [0, 0.1) is 11.8 Å². The number of fused-ring (bicyclic) bond motifs is 2. The minimum absolute atomic E-state index is 0.0104. The molecule has 1 amide bonds. The molecule has 3 unspecified atom stereocenters. The molecule has 188 valence electrons. The lowest BCUT2D eigenvalue weighted by Gasteiger charge is -2.46. The second-order valence-electron chi connectivity index (χ2n) is 9.97. The topological polar surface area (TPSA) is 121 Å². The molecule has 1 aromatic heterocycles. The van der Waals surface area contributed by atoms with Crippen LogP contribution in [0.4, 0.5) is 9.18 Å². The number of sulfone groups is 1. The molecular weight excluding hydrogens is 469 g/mol. The fourth-order valence-corrected chi connectivity index (χ4v) is 5.35. The number of carbonyl (C=O) groups excluding carboxylic acids is 1. The molecule has 2 fully saturated rings. The maximum absolute atomic E-state index is 14.3. The number of hydrogen-bond acceptors (Lipinski definition) is 9. The molecule has 0 N–H and O–H groups in total. The lowest BCUT2D eigenvalue weighted by Crippen LogP contribution is -2.58. The van der Waals surface area contributed by atoms with E-state index >= 15 is 0 Å². The highest BCUT2D eigenvalue weighted by atomic mass is 32.2. The van der Waals surface area contributed by atoms with Crippen LogP contribution >= 0.6 is 0 Å². The summed E-state index contributed by atoms with van der Waals surface area (Å²) >= 11 is 0. The summed E-state index contributed by atoms with van der Waals surface area (Å²) in [5.41, 5.74) is -0.202. The molecule has 0 radical (unpaired) electrons. The number of likely N-dealkylation sites (tertiary alicyclic amines) is 1. The van der Waals surface area contributed by atoms with Gasteiger partial charge in [-0.2, -0.15) is 4.98 Å². The van der Waals surface area contributed by atoms with Crippen molar-refractivity contribution in [3.05, 3.63) is 29.7 Å². The van der Waals surface area contributed by atoms with E-state index in [1.54, 1.807) is 11.0 Å². The quantitative estimate of drug-likeness (QED) is 0.601. The Bertz CT molecular complexity index is 1080. The summed E-state index contributed by atoms with van der Waals surface area (Å²) in [4.78, 5) is 18.5. The molecule has 2 bridgehead atoms. The lowest BCUT2D eigenvalue weighted by molar-refractivity contribution is -0.154. The molecule has 3 aliphatic rings. The Morgan fingerprint density at radius 2 is 1.94 bits per heavy atom. The van der Waals surface area contributed by atoms with Gasteiger partial charge < -0.3 is 23.6 Å². The number of aromatic nitrogens is 2. The van der Waals surface area contributed by atoms with Gasteiger partial charge in [-0.1, -0.05) is 11.2 Å². The molecule has 3 atom stereocenters. The van der Waals surface area contributed by atoms with Gasteiger partial charge in [0.15, 0.2) is 9.84 Å². The van der Waals surface area contributed by atoms with Crippen LogP contribution in [-0.2, 0) is 30.7 Å². The van der Waals surface area contributed by atoms with Gasteiger partial charge in [-0.3, -0.25) is 0 Å². The highest BCUT2D eigenvalue weighted by molar-refractivity contribution is 7.91. The fraction of sp³-hybridized carbons (Fsp3) is 0.682. The third-order valence-electron chi connectivity index (χ3n) is 5.95. The third-order valence-corrected chi connectivity index (χ3v) is 7.40. The van der Waals surface area contributed by atoms with Gasteiger partial charge in [0.2, 0.25) is 5.82 Å². The van der Waals surface area contributed by atoms with E-state index in [0.29, 0.717) is 31.9 Å². The number of nitrogens with zero attached hydrogens (tertiary/aromatic N) is 3. The summed E-state index contributed by atoms with van der Waals surface area (Å²) < 4.78 is 60.1. The monoisotopic (exact) mass is 499 g/mol. The van der Waals surface area contributed by atoms with Crippen molar-refractivity contribution in [2.45, 2.75) is 50.8 Å². The standard InChI is InChI=1S/C22H30FN3O7S/c1-22(2,3)32-21(27)26-8-14-10-30-11-15(9-26)19(14)31-12-18-24-20(25-33-18)13-5-6-17(16(23)7-13)34(4,28)29/h5,7,14-15,17,19H,6,8-12H2,1-4H3. The Hall–Kier alpha value is -2.31. The van der Waals surface area contributed by atoms with E-state index in [0.717, 1.165) is 12.3 Å². The van der Waals surface area contributed by atoms with Gasteiger partial charge in [0.25, 0.3) is 5.89 Å². The van der Waals surface area contributed by atoms with Crippen LogP contribution in [0.2, 0.25) is 0 Å². The summed E-state index contributed by atoms with van der Waals surface area (Å²) in [6, 6.07) is 0. The van der Waals surface area contributed by atoms with Crippen LogP contribution in [0.25, 0.3) is 5.57 Å². The van der Waals surface area contributed by atoms with Gasteiger partial charge >= 0.3 is 6.09 Å². The number of rotatable bonds is 5. The fourth-order valence-electron chi connectivity index (χ4n) is 4.43. The minimum atomic E-state index is -3.54. The van der Waals surface area contributed by atoms with Crippen LogP contribution in [-0.4, -0.2) is 79.1 Å². The van der Waals surface area contributed by atoms with Crippen molar-refractivity contribution in [3.8, 4) is 0 Å². The smallest absolute Gasteiger partial charge is 0.410 e. The van der Waals surface area contributed by atoms with Crippen LogP contribution in [0.3, 0.4) is 0 Å². The van der Waals surface area contributed by atoms with E-state index in [1.165, 1.54) is 0 Å². The molecule has 34 heavy (non-hydrogen) atoms. The number of piperidine rings is 1. The molecule has 10 nitrogen and oxygen atoms in total. The Morgan fingerprint density at radius 1 is 1.26 bits per heavy atom. The van der Waals surface area contributed by atoms with E-state index in [9.17, 15) is 17.6 Å². The number of allylic oxidation sites excluding steroid dienone is 3. The first-order chi connectivity index (χ1) is 15.9. The maximum Gasteiger partial charge on any atom is 0.410 e. The molecule has 0 saturated carbocycles. The van der Waals surface area contributed by atoms with Crippen molar-refractivity contribution >= 4 is 21.5 Å². The zero-order valence-corrected chi connectivity index (χ0v) is 20.5. The predicted molar refractivity (Wildman–Crippen MR) is 119 cm³/mol. The number of amides is 1. The Kier molecular flexibility index (Phi) is 6.85. The van der Waals surface area contributed by atoms with Crippen molar-refractivity contribution in [1.29, 1.82) is 0 Å². The number of carbonyl (C=O) groups is 1. The molecule has 12 heteroatoms. The Morgan fingerprint density at radius 3 is 2.53 bits per heavy atom. The zero-order chi connectivity index (χ0) is 24.7. The van der Waals surface area contributed by atoms with Crippen molar-refractivity contribution in [3.63, 3.8) is 0 Å². The van der Waals surface area contributed by atoms with Crippen molar-refractivity contribution in [1.82, 2.24) is 15.0 Å². The van der Waals surface area contributed by atoms with E-state index in [-0.39, 0.29) is 48.8 Å². The summed E-state index contributed by atoms with van der Waals surface area (Å²) in [6.45, 7) is 7.42. The van der Waals surface area contributed by atoms with Gasteiger partial charge in [0.05, 0.1) is 19.3 Å². The molecule has 3 heterocycles. The predicted octanol–water partition coefficient (Wildman–Crippen LogP) is 2.52. The highest BCUT2D eigenvalue weighted by Crippen LogP contribution is 2.32. The number of hydrogen-bond donors (Lipinski definition) is 0. The Labute approximate surface area is 198 Å². The van der Waals surface area contributed by atoms with Gasteiger partial charge in [0, 0.05) is 36.8 Å². The number of halogens is 1. The highest BCUT2D eigenvalue weighted by Gasteiger charge is 2.43. The van der Waals surface area contributed by atoms with Crippen LogP contribution in [0.5, 0.6) is 0 Å². The SMILES string of the molecule is CC(C)(C)OC(=O)N1CC2COCC(C1)C2OCc1nc(C2=CCC(S(C)(=O)=O)C(F)=C2)no1. The molecule has 2 aliphatic heterocycles. The average Bonchev–Trinajstić information content (AvgIpc) is 3.18. The van der Waals surface area contributed by atoms with E-state index in [1.807, 2.05) is 20.8 Å². The minimum Gasteiger partial charge on any atom is -0.444 e. The van der Waals surface area contributed by atoms with E-state index in [4.69, 9.17) is 18.7 Å². The van der Waals surface area contributed by atoms with Crippen molar-refractivity contribution in [2.75, 3.05) is 32.6 Å². The second kappa shape index (κ2) is 9.38. The van der Waals surface area contributed by atoms with Crippen LogP contribution < -0.4 is 0 Å². The van der Waals surface area contributed by atoms with E-state index < -0.39 is 26.5 Å². The molecule has 2 saturated heterocycles. The molecular formula is C22H30FN3O7S. The van der Waals surface area contributed by atoms with Crippen molar-refractivity contribution in [2.24, 2.45) is 11.8 Å². The van der Waals surface area contributed by atoms with Gasteiger partial charge in [-0.25, -0.2) is 17.6 Å². The summed E-state index contributed by atoms with van der Waals surface area (Å²) in [6.07, 6.45) is 3.23. The van der Waals surface area contributed by atoms with E-state index in [2.05, 4.69) is 10.1 Å². The Balaban J connectivity index is 1.36. The summed E-state index contributed by atoms with van der Waals surface area (Å²) in [7, 11) is -3.54.